The van der Waals surface area contributed by atoms with E-state index in [4.69, 9.17) is 0 Å². The fraction of sp³-hybridized carbons (Fsp3) is 0.867. The van der Waals surface area contributed by atoms with Crippen molar-refractivity contribution in [1.29, 1.82) is 0 Å². The molecule has 0 aromatic heterocycles. The number of carboxylic acid groups (broad SMARTS) is 1. The Bertz CT molecular complexity index is 344. The molecule has 1 saturated heterocycles. The van der Waals surface area contributed by atoms with E-state index in [0.29, 0.717) is 18.3 Å². The van der Waals surface area contributed by atoms with Gasteiger partial charge in [-0.1, -0.05) is 20.8 Å². The predicted octanol–water partition coefficient (Wildman–Crippen LogP) is 2.56. The minimum absolute atomic E-state index is 0.126. The molecule has 20 heavy (non-hydrogen) atoms. The Hall–Kier alpha value is -1.26. The third kappa shape index (κ3) is 4.69. The maximum absolute atomic E-state index is 12.2. The van der Waals surface area contributed by atoms with Gasteiger partial charge in [-0.3, -0.25) is 4.79 Å². The summed E-state index contributed by atoms with van der Waals surface area (Å²) in [5.74, 6) is -0.530. The Balaban J connectivity index is 2.50. The maximum atomic E-state index is 12.2. The summed E-state index contributed by atoms with van der Waals surface area (Å²) in [6.45, 7) is 9.18. The third-order valence-corrected chi connectivity index (χ3v) is 4.24. The predicted molar refractivity (Wildman–Crippen MR) is 78.5 cm³/mol. The number of carbonyl (C=O) groups is 2. The third-order valence-electron chi connectivity index (χ3n) is 4.24. The van der Waals surface area contributed by atoms with Gasteiger partial charge in [-0.05, 0) is 38.0 Å². The molecule has 0 radical (unpaired) electrons. The molecule has 3 atom stereocenters. The van der Waals surface area contributed by atoms with E-state index in [9.17, 15) is 14.7 Å². The highest BCUT2D eigenvalue weighted by atomic mass is 16.4. The lowest BCUT2D eigenvalue weighted by Crippen LogP contribution is -2.51. The van der Waals surface area contributed by atoms with Crippen LogP contribution >= 0.6 is 0 Å². The van der Waals surface area contributed by atoms with Crippen LogP contribution in [-0.4, -0.2) is 41.1 Å². The van der Waals surface area contributed by atoms with E-state index in [1.165, 1.54) is 0 Å². The van der Waals surface area contributed by atoms with Gasteiger partial charge in [0.15, 0.2) is 0 Å². The van der Waals surface area contributed by atoms with E-state index in [2.05, 4.69) is 19.2 Å². The van der Waals surface area contributed by atoms with E-state index in [1.807, 2.05) is 18.7 Å². The number of rotatable bonds is 5. The van der Waals surface area contributed by atoms with Crippen LogP contribution in [-0.2, 0) is 4.79 Å². The lowest BCUT2D eigenvalue weighted by atomic mass is 9.92. The number of aliphatic carboxylic acids is 1. The molecule has 3 unspecified atom stereocenters. The molecule has 0 bridgehead atoms. The van der Waals surface area contributed by atoms with Crippen molar-refractivity contribution in [1.82, 2.24) is 10.2 Å². The Morgan fingerprint density at radius 1 is 1.35 bits per heavy atom. The average molecular weight is 284 g/mol. The maximum Gasteiger partial charge on any atom is 0.317 e. The highest BCUT2D eigenvalue weighted by molar-refractivity contribution is 5.76. The molecule has 1 fully saturated rings. The quantitative estimate of drug-likeness (QED) is 0.815. The summed E-state index contributed by atoms with van der Waals surface area (Å²) in [7, 11) is 0. The van der Waals surface area contributed by atoms with Crippen molar-refractivity contribution in [3.63, 3.8) is 0 Å². The molecule has 116 valence electrons. The van der Waals surface area contributed by atoms with Gasteiger partial charge in [0.1, 0.15) is 0 Å². The highest BCUT2D eigenvalue weighted by Gasteiger charge is 2.29. The minimum atomic E-state index is -0.834. The van der Waals surface area contributed by atoms with Crippen molar-refractivity contribution in [3.05, 3.63) is 0 Å². The van der Waals surface area contributed by atoms with Crippen LogP contribution in [0.2, 0.25) is 0 Å². The number of likely N-dealkylation sites (tertiary alicyclic amines) is 1. The van der Waals surface area contributed by atoms with Crippen LogP contribution in [0.5, 0.6) is 0 Å². The minimum Gasteiger partial charge on any atom is -0.481 e. The number of hydrogen-bond acceptors (Lipinski definition) is 2. The first-order valence-corrected chi connectivity index (χ1v) is 7.60. The van der Waals surface area contributed by atoms with Gasteiger partial charge in [0.05, 0.1) is 5.92 Å². The van der Waals surface area contributed by atoms with Gasteiger partial charge in [0.2, 0.25) is 0 Å². The zero-order chi connectivity index (χ0) is 15.3. The fourth-order valence-electron chi connectivity index (χ4n) is 2.77. The Labute approximate surface area is 121 Å². The van der Waals surface area contributed by atoms with E-state index in [-0.39, 0.29) is 18.6 Å². The normalized spacial score (nSPS) is 24.6. The number of carbonyl (C=O) groups excluding carboxylic acids is 1. The van der Waals surface area contributed by atoms with Gasteiger partial charge in [0.25, 0.3) is 0 Å². The lowest BCUT2D eigenvalue weighted by Gasteiger charge is -2.38. The number of urea groups is 1. The number of nitrogens with zero attached hydrogens (tertiary/aromatic N) is 1. The van der Waals surface area contributed by atoms with Crippen LogP contribution in [0.4, 0.5) is 4.79 Å². The van der Waals surface area contributed by atoms with Gasteiger partial charge in [-0.15, -0.1) is 0 Å². The Morgan fingerprint density at radius 2 is 2.00 bits per heavy atom. The molecule has 0 aromatic rings. The molecule has 1 heterocycles. The fourth-order valence-corrected chi connectivity index (χ4v) is 2.77. The van der Waals surface area contributed by atoms with Crippen molar-refractivity contribution in [2.75, 3.05) is 13.1 Å². The molecule has 2 amide bonds. The molecular formula is C15H28N2O3. The van der Waals surface area contributed by atoms with Crippen LogP contribution in [0.25, 0.3) is 0 Å². The van der Waals surface area contributed by atoms with Crippen LogP contribution in [0.1, 0.15) is 47.0 Å². The number of hydrogen-bond donors (Lipinski definition) is 2. The molecular weight excluding hydrogens is 256 g/mol. The Kier molecular flexibility index (Phi) is 6.30. The van der Waals surface area contributed by atoms with Gasteiger partial charge in [-0.2, -0.15) is 0 Å². The molecule has 0 aromatic carbocycles. The smallest absolute Gasteiger partial charge is 0.317 e. The zero-order valence-corrected chi connectivity index (χ0v) is 13.1. The zero-order valence-electron chi connectivity index (χ0n) is 13.1. The number of amides is 2. The topological polar surface area (TPSA) is 69.6 Å². The molecule has 5 nitrogen and oxygen atoms in total. The first-order valence-electron chi connectivity index (χ1n) is 7.60. The first-order chi connectivity index (χ1) is 9.32. The van der Waals surface area contributed by atoms with Crippen molar-refractivity contribution >= 4 is 12.0 Å². The second-order valence-corrected chi connectivity index (χ2v) is 6.40. The van der Waals surface area contributed by atoms with Crippen LogP contribution in [0.15, 0.2) is 0 Å². The second kappa shape index (κ2) is 7.50. The summed E-state index contributed by atoms with van der Waals surface area (Å²) in [5.41, 5.74) is 0. The summed E-state index contributed by atoms with van der Waals surface area (Å²) in [6, 6.07) is 0.0937. The van der Waals surface area contributed by atoms with Crippen LogP contribution in [0, 0.1) is 17.8 Å². The van der Waals surface area contributed by atoms with Crippen LogP contribution in [0.3, 0.4) is 0 Å². The van der Waals surface area contributed by atoms with Crippen molar-refractivity contribution < 1.29 is 14.7 Å². The molecule has 5 heteroatoms. The number of carboxylic acids is 1. The summed E-state index contributed by atoms with van der Waals surface area (Å²) in [5, 5.41) is 12.0. The first kappa shape index (κ1) is 16.8. The summed E-state index contributed by atoms with van der Waals surface area (Å²) < 4.78 is 0. The summed E-state index contributed by atoms with van der Waals surface area (Å²) >= 11 is 0. The van der Waals surface area contributed by atoms with E-state index in [1.54, 1.807) is 0 Å². The average Bonchev–Trinajstić information content (AvgIpc) is 2.36. The molecule has 1 aliphatic heterocycles. The molecule has 0 aliphatic carbocycles. The molecule has 1 aliphatic rings. The van der Waals surface area contributed by atoms with Gasteiger partial charge in [-0.25, -0.2) is 4.79 Å². The van der Waals surface area contributed by atoms with E-state index >= 15 is 0 Å². The van der Waals surface area contributed by atoms with E-state index < -0.39 is 11.9 Å². The molecule has 0 spiro atoms. The SMILES string of the molecule is CC(C)CC(CNC(=O)N1CCCC(C)C1C)C(=O)O. The number of piperidine rings is 1. The van der Waals surface area contributed by atoms with Crippen LogP contribution < -0.4 is 5.32 Å². The summed E-state index contributed by atoms with van der Waals surface area (Å²) in [4.78, 5) is 25.2. The molecule has 0 saturated carbocycles. The van der Waals surface area contributed by atoms with Gasteiger partial charge in [0, 0.05) is 19.1 Å². The Morgan fingerprint density at radius 3 is 2.55 bits per heavy atom. The van der Waals surface area contributed by atoms with Crippen molar-refractivity contribution in [2.24, 2.45) is 17.8 Å². The van der Waals surface area contributed by atoms with Gasteiger partial charge >= 0.3 is 12.0 Å². The standard InChI is InChI=1S/C15H28N2O3/c1-10(2)8-13(14(18)19)9-16-15(20)17-7-5-6-11(3)12(17)4/h10-13H,5-9H2,1-4H3,(H,16,20)(H,18,19). The molecule has 2 N–H and O–H groups in total. The largest absolute Gasteiger partial charge is 0.481 e. The molecule has 1 rings (SSSR count). The van der Waals surface area contributed by atoms with Crippen molar-refractivity contribution in [2.45, 2.75) is 53.0 Å². The van der Waals surface area contributed by atoms with E-state index in [0.717, 1.165) is 19.4 Å². The summed E-state index contributed by atoms with van der Waals surface area (Å²) in [6.07, 6.45) is 2.75. The second-order valence-electron chi connectivity index (χ2n) is 6.40. The highest BCUT2D eigenvalue weighted by Crippen LogP contribution is 2.22. The monoisotopic (exact) mass is 284 g/mol. The van der Waals surface area contributed by atoms with Gasteiger partial charge < -0.3 is 15.3 Å². The number of nitrogens with one attached hydrogen (secondary N) is 1. The van der Waals surface area contributed by atoms with Crippen molar-refractivity contribution in [3.8, 4) is 0 Å². The lowest BCUT2D eigenvalue weighted by molar-refractivity contribution is -0.142.